The second kappa shape index (κ2) is 7.95. The molecule has 0 bridgehead atoms. The first-order valence-electron chi connectivity index (χ1n) is 9.80. The molecule has 6 nitrogen and oxygen atoms in total. The maximum Gasteiger partial charge on any atom is 0.391 e. The summed E-state index contributed by atoms with van der Waals surface area (Å²) in [7, 11) is 1.49. The monoisotopic (exact) mass is 454 g/mol. The molecular formula is C21H19F5N4O2. The first-order valence-corrected chi connectivity index (χ1v) is 9.80. The van der Waals surface area contributed by atoms with Crippen LogP contribution in [0.1, 0.15) is 28.8 Å². The molecule has 2 aromatic carbocycles. The number of carbonyl (C=O) groups excluding carboxylic acids is 1. The highest BCUT2D eigenvalue weighted by Gasteiger charge is 2.49. The van der Waals surface area contributed by atoms with E-state index in [0.29, 0.717) is 11.0 Å². The first-order chi connectivity index (χ1) is 15.0. The van der Waals surface area contributed by atoms with Crippen molar-refractivity contribution in [1.29, 1.82) is 0 Å². The van der Waals surface area contributed by atoms with Gasteiger partial charge in [-0.2, -0.15) is 13.2 Å². The van der Waals surface area contributed by atoms with Crippen LogP contribution in [0, 0.1) is 17.6 Å². The molecule has 0 atom stereocenters. The zero-order valence-corrected chi connectivity index (χ0v) is 16.8. The van der Waals surface area contributed by atoms with Gasteiger partial charge in [0.15, 0.2) is 0 Å². The molecule has 1 amide bonds. The Bertz CT molecular complexity index is 1200. The summed E-state index contributed by atoms with van der Waals surface area (Å²) in [5.41, 5.74) is 0.445. The van der Waals surface area contributed by atoms with Gasteiger partial charge in [0.25, 0.3) is 5.91 Å². The lowest BCUT2D eigenvalue weighted by molar-refractivity contribution is -0.196. The Kier molecular flexibility index (Phi) is 5.43. The van der Waals surface area contributed by atoms with Crippen LogP contribution < -0.4 is 15.9 Å². The van der Waals surface area contributed by atoms with Gasteiger partial charge in [-0.15, -0.1) is 0 Å². The summed E-state index contributed by atoms with van der Waals surface area (Å²) in [5, 5.41) is 2.42. The summed E-state index contributed by atoms with van der Waals surface area (Å²) in [6.07, 6.45) is -4.52. The molecule has 1 saturated carbocycles. The fourth-order valence-corrected chi connectivity index (χ4v) is 3.79. The molecule has 11 heteroatoms. The van der Waals surface area contributed by atoms with Crippen molar-refractivity contribution in [2.75, 3.05) is 11.9 Å². The molecule has 4 rings (SSSR count). The van der Waals surface area contributed by atoms with Crippen molar-refractivity contribution in [3.05, 3.63) is 63.6 Å². The normalized spacial score (nSPS) is 18.4. The Labute approximate surface area is 178 Å². The van der Waals surface area contributed by atoms with Gasteiger partial charge in [0, 0.05) is 36.4 Å². The summed E-state index contributed by atoms with van der Waals surface area (Å²) >= 11 is 0. The SMILES string of the molecule is CN(c1cc(F)c(CNC(=O)c2ccc3[nH]c(=O)[nH]c3c2)c(F)c1)[C@H]1C[C@@H](C(F)(F)F)C1. The Morgan fingerprint density at radius 2 is 1.72 bits per heavy atom. The van der Waals surface area contributed by atoms with Crippen molar-refractivity contribution in [3.63, 3.8) is 0 Å². The average Bonchev–Trinajstić information content (AvgIpc) is 3.03. The number of alkyl halides is 3. The topological polar surface area (TPSA) is 81.0 Å². The van der Waals surface area contributed by atoms with Crippen LogP contribution in [0.25, 0.3) is 11.0 Å². The van der Waals surface area contributed by atoms with Gasteiger partial charge >= 0.3 is 11.9 Å². The Balaban J connectivity index is 1.43. The van der Waals surface area contributed by atoms with Gasteiger partial charge in [-0.1, -0.05) is 0 Å². The average molecular weight is 454 g/mol. The van der Waals surface area contributed by atoms with E-state index in [2.05, 4.69) is 15.3 Å². The minimum absolute atomic E-state index is 0.127. The number of carbonyl (C=O) groups is 1. The highest BCUT2D eigenvalue weighted by Crippen LogP contribution is 2.44. The third-order valence-electron chi connectivity index (χ3n) is 5.86. The number of nitrogens with one attached hydrogen (secondary N) is 3. The smallest absolute Gasteiger partial charge is 0.371 e. The van der Waals surface area contributed by atoms with Crippen molar-refractivity contribution in [2.24, 2.45) is 5.92 Å². The predicted octanol–water partition coefficient (Wildman–Crippen LogP) is 3.84. The number of rotatable bonds is 5. The van der Waals surface area contributed by atoms with Crippen LogP contribution in [0.15, 0.2) is 35.1 Å². The molecule has 1 aromatic heterocycles. The summed E-state index contributed by atoms with van der Waals surface area (Å²) in [5.74, 6) is -3.82. The number of fused-ring (bicyclic) bond motifs is 1. The number of H-pyrrole nitrogens is 2. The molecule has 170 valence electrons. The lowest BCUT2D eigenvalue weighted by Crippen LogP contribution is -2.47. The number of aromatic nitrogens is 2. The summed E-state index contributed by atoms with van der Waals surface area (Å²) < 4.78 is 67.1. The van der Waals surface area contributed by atoms with Crippen LogP contribution in [0.5, 0.6) is 0 Å². The van der Waals surface area contributed by atoms with Crippen molar-refractivity contribution in [2.45, 2.75) is 31.6 Å². The van der Waals surface area contributed by atoms with Gasteiger partial charge in [-0.25, -0.2) is 13.6 Å². The lowest BCUT2D eigenvalue weighted by atomic mass is 9.79. The van der Waals surface area contributed by atoms with Gasteiger partial charge in [-0.3, -0.25) is 4.79 Å². The molecule has 3 aromatic rings. The minimum Gasteiger partial charge on any atom is -0.371 e. The molecule has 1 aliphatic carbocycles. The quantitative estimate of drug-likeness (QED) is 0.513. The molecule has 0 spiro atoms. The van der Waals surface area contributed by atoms with Crippen LogP contribution in [0.4, 0.5) is 27.6 Å². The Morgan fingerprint density at radius 3 is 2.34 bits per heavy atom. The zero-order chi connectivity index (χ0) is 23.2. The van der Waals surface area contributed by atoms with Crippen molar-refractivity contribution in [1.82, 2.24) is 15.3 Å². The number of benzene rings is 2. The maximum atomic E-state index is 14.5. The minimum atomic E-state index is -4.27. The molecule has 3 N–H and O–H groups in total. The molecule has 32 heavy (non-hydrogen) atoms. The van der Waals surface area contributed by atoms with Gasteiger partial charge in [-0.05, 0) is 43.2 Å². The van der Waals surface area contributed by atoms with Gasteiger partial charge in [0.1, 0.15) is 11.6 Å². The molecule has 0 aliphatic heterocycles. The second-order valence-electron chi connectivity index (χ2n) is 7.88. The number of hydrogen-bond donors (Lipinski definition) is 3. The Morgan fingerprint density at radius 1 is 1.09 bits per heavy atom. The van der Waals surface area contributed by atoms with Crippen molar-refractivity contribution in [3.8, 4) is 0 Å². The van der Waals surface area contributed by atoms with Gasteiger partial charge in [0.05, 0.1) is 17.0 Å². The Hall–Kier alpha value is -3.37. The van der Waals surface area contributed by atoms with E-state index in [-0.39, 0.29) is 29.7 Å². The van der Waals surface area contributed by atoms with E-state index in [1.165, 1.54) is 30.1 Å². The molecule has 0 unspecified atom stereocenters. The number of aromatic amines is 2. The molecule has 0 saturated heterocycles. The van der Waals surface area contributed by atoms with Crippen molar-refractivity contribution < 1.29 is 26.7 Å². The van der Waals surface area contributed by atoms with E-state index in [0.717, 1.165) is 12.1 Å². The second-order valence-corrected chi connectivity index (χ2v) is 7.88. The third kappa shape index (κ3) is 4.19. The number of amides is 1. The zero-order valence-electron chi connectivity index (χ0n) is 16.8. The van der Waals surface area contributed by atoms with Gasteiger partial charge in [0.2, 0.25) is 0 Å². The molecule has 1 fully saturated rings. The highest BCUT2D eigenvalue weighted by molar-refractivity contribution is 5.97. The predicted molar refractivity (Wildman–Crippen MR) is 107 cm³/mol. The van der Waals surface area contributed by atoms with Crippen LogP contribution >= 0.6 is 0 Å². The number of halogens is 5. The van der Waals surface area contributed by atoms with E-state index in [1.807, 2.05) is 0 Å². The van der Waals surface area contributed by atoms with E-state index < -0.39 is 47.9 Å². The van der Waals surface area contributed by atoms with Crippen LogP contribution in [-0.4, -0.2) is 35.1 Å². The fraction of sp³-hybridized carbons (Fsp3) is 0.333. The summed E-state index contributed by atoms with van der Waals surface area (Å²) in [4.78, 5) is 30.1. The fourth-order valence-electron chi connectivity index (χ4n) is 3.79. The third-order valence-corrected chi connectivity index (χ3v) is 5.86. The highest BCUT2D eigenvalue weighted by atomic mass is 19.4. The largest absolute Gasteiger partial charge is 0.391 e. The lowest BCUT2D eigenvalue weighted by Gasteiger charge is -2.43. The van der Waals surface area contributed by atoms with Crippen LogP contribution in [0.2, 0.25) is 0 Å². The maximum absolute atomic E-state index is 14.5. The van der Waals surface area contributed by atoms with Crippen LogP contribution in [-0.2, 0) is 6.54 Å². The van der Waals surface area contributed by atoms with Crippen molar-refractivity contribution >= 4 is 22.6 Å². The standard InChI is InChI=1S/C21H19F5N4O2/c1-30(12-5-11(6-12)21(24,25)26)13-7-15(22)14(16(23)8-13)9-27-19(31)10-2-3-17-18(4-10)29-20(32)28-17/h2-4,7-8,11-12H,5-6,9H2,1H3,(H,27,31)(H2,28,29,32)/t11-,12+. The molecule has 1 aliphatic rings. The first kappa shape index (κ1) is 21.8. The van der Waals surface area contributed by atoms with E-state index in [4.69, 9.17) is 0 Å². The van der Waals surface area contributed by atoms with Gasteiger partial charge < -0.3 is 20.2 Å². The van der Waals surface area contributed by atoms with Crippen LogP contribution in [0.3, 0.4) is 0 Å². The molecule has 0 radical (unpaired) electrons. The summed E-state index contributed by atoms with van der Waals surface area (Å²) in [6.45, 7) is -0.429. The van der Waals surface area contributed by atoms with E-state index in [9.17, 15) is 31.5 Å². The molecule has 1 heterocycles. The summed E-state index contributed by atoms with van der Waals surface area (Å²) in [6, 6.07) is 6.04. The number of hydrogen-bond acceptors (Lipinski definition) is 3. The van der Waals surface area contributed by atoms with E-state index in [1.54, 1.807) is 0 Å². The number of imidazole rings is 1. The number of anilines is 1. The van der Waals surface area contributed by atoms with E-state index >= 15 is 0 Å². The molecular weight excluding hydrogens is 435 g/mol. The number of nitrogens with zero attached hydrogens (tertiary/aromatic N) is 1.